The van der Waals surface area contributed by atoms with Gasteiger partial charge in [-0.25, -0.2) is 0 Å². The van der Waals surface area contributed by atoms with Crippen molar-refractivity contribution in [1.29, 1.82) is 0 Å². The molecule has 0 amide bonds. The van der Waals surface area contributed by atoms with Crippen molar-refractivity contribution in [3.63, 3.8) is 0 Å². The quantitative estimate of drug-likeness (QED) is 0.674. The third-order valence-electron chi connectivity index (χ3n) is 2.73. The van der Waals surface area contributed by atoms with Crippen LogP contribution in [0.3, 0.4) is 0 Å². The molecule has 1 N–H and O–H groups in total. The highest BCUT2D eigenvalue weighted by atomic mass is 16.6. The van der Waals surface area contributed by atoms with Crippen molar-refractivity contribution in [2.75, 3.05) is 0 Å². The second-order valence-corrected chi connectivity index (χ2v) is 4.04. The molecule has 0 spiro atoms. The van der Waals surface area contributed by atoms with E-state index in [2.05, 4.69) is 0 Å². The number of hydrogen-bond acceptors (Lipinski definition) is 3. The lowest BCUT2D eigenvalue weighted by atomic mass is 10.0. The highest BCUT2D eigenvalue weighted by Gasteiger charge is 2.17. The molecule has 0 saturated heterocycles. The van der Waals surface area contributed by atoms with E-state index in [9.17, 15) is 14.9 Å². The molecule has 0 heterocycles. The standard InChI is InChI=1S/C14H11NO4/c16-14(17)9-12-7-6-11(8-13(12)15(18)19)10-4-2-1-3-5-10/h1-8H,9H2,(H,16,17). The molecule has 0 aliphatic carbocycles. The first kappa shape index (κ1) is 12.8. The maximum absolute atomic E-state index is 11.0. The van der Waals surface area contributed by atoms with Crippen LogP contribution in [0.5, 0.6) is 0 Å². The van der Waals surface area contributed by atoms with Gasteiger partial charge in [0.1, 0.15) is 0 Å². The Kier molecular flexibility index (Phi) is 3.56. The van der Waals surface area contributed by atoms with Gasteiger partial charge in [-0.15, -0.1) is 0 Å². The number of nitro benzene ring substituents is 1. The Hall–Kier alpha value is -2.69. The van der Waals surface area contributed by atoms with Gasteiger partial charge >= 0.3 is 5.97 Å². The monoisotopic (exact) mass is 257 g/mol. The molecule has 0 saturated carbocycles. The number of benzene rings is 2. The van der Waals surface area contributed by atoms with E-state index in [1.807, 2.05) is 30.3 Å². The van der Waals surface area contributed by atoms with Crippen molar-refractivity contribution in [2.45, 2.75) is 6.42 Å². The van der Waals surface area contributed by atoms with Crippen LogP contribution >= 0.6 is 0 Å². The SMILES string of the molecule is O=C(O)Cc1ccc(-c2ccccc2)cc1[N+](=O)[O-]. The second kappa shape index (κ2) is 5.30. The summed E-state index contributed by atoms with van der Waals surface area (Å²) in [6, 6.07) is 13.8. The van der Waals surface area contributed by atoms with Crippen LogP contribution in [-0.4, -0.2) is 16.0 Å². The fourth-order valence-electron chi connectivity index (χ4n) is 1.86. The first-order chi connectivity index (χ1) is 9.08. The summed E-state index contributed by atoms with van der Waals surface area (Å²) in [4.78, 5) is 21.1. The van der Waals surface area contributed by atoms with E-state index in [1.54, 1.807) is 6.07 Å². The van der Waals surface area contributed by atoms with Gasteiger partial charge in [0.25, 0.3) is 5.69 Å². The van der Waals surface area contributed by atoms with Crippen molar-refractivity contribution in [1.82, 2.24) is 0 Å². The highest BCUT2D eigenvalue weighted by Crippen LogP contribution is 2.27. The summed E-state index contributed by atoms with van der Waals surface area (Å²) in [6.07, 6.45) is -0.356. The molecule has 0 atom stereocenters. The van der Waals surface area contributed by atoms with Gasteiger partial charge in [-0.3, -0.25) is 14.9 Å². The molecule has 0 unspecified atom stereocenters. The first-order valence-electron chi connectivity index (χ1n) is 5.62. The van der Waals surface area contributed by atoms with E-state index in [0.717, 1.165) is 5.56 Å². The molecule has 5 nitrogen and oxygen atoms in total. The summed E-state index contributed by atoms with van der Waals surface area (Å²) in [5.74, 6) is -1.09. The Morgan fingerprint density at radius 2 is 1.79 bits per heavy atom. The number of carbonyl (C=O) groups is 1. The summed E-state index contributed by atoms with van der Waals surface area (Å²) in [6.45, 7) is 0. The number of carboxylic acids is 1. The maximum atomic E-state index is 11.0. The normalized spacial score (nSPS) is 10.1. The molecular formula is C14H11NO4. The van der Waals surface area contributed by atoms with E-state index < -0.39 is 10.9 Å². The highest BCUT2D eigenvalue weighted by molar-refractivity contribution is 5.74. The Bertz CT molecular complexity index is 623. The van der Waals surface area contributed by atoms with Gasteiger partial charge in [0.05, 0.1) is 11.3 Å². The molecule has 96 valence electrons. The van der Waals surface area contributed by atoms with E-state index in [0.29, 0.717) is 5.56 Å². The number of hydrogen-bond donors (Lipinski definition) is 1. The predicted octanol–water partition coefficient (Wildman–Crippen LogP) is 2.89. The zero-order chi connectivity index (χ0) is 13.8. The lowest BCUT2D eigenvalue weighted by Gasteiger charge is -2.04. The van der Waals surface area contributed by atoms with Crippen molar-refractivity contribution >= 4 is 11.7 Å². The molecule has 0 bridgehead atoms. The van der Waals surface area contributed by atoms with Crippen molar-refractivity contribution in [3.05, 3.63) is 64.2 Å². The number of nitrogens with zero attached hydrogens (tertiary/aromatic N) is 1. The van der Waals surface area contributed by atoms with Gasteiger partial charge in [-0.05, 0) is 11.1 Å². The van der Waals surface area contributed by atoms with E-state index in [-0.39, 0.29) is 17.7 Å². The minimum absolute atomic E-state index is 0.163. The van der Waals surface area contributed by atoms with Crippen LogP contribution in [0.2, 0.25) is 0 Å². The molecule has 0 aliphatic heterocycles. The molecular weight excluding hydrogens is 246 g/mol. The molecule has 2 rings (SSSR count). The van der Waals surface area contributed by atoms with Gasteiger partial charge in [0.15, 0.2) is 0 Å². The van der Waals surface area contributed by atoms with E-state index in [4.69, 9.17) is 5.11 Å². The van der Waals surface area contributed by atoms with Crippen molar-refractivity contribution < 1.29 is 14.8 Å². The molecule has 0 fully saturated rings. The molecule has 0 aliphatic rings. The van der Waals surface area contributed by atoms with Crippen LogP contribution in [0.25, 0.3) is 11.1 Å². The third-order valence-corrected chi connectivity index (χ3v) is 2.73. The number of aliphatic carboxylic acids is 1. The fourth-order valence-corrected chi connectivity index (χ4v) is 1.86. The van der Waals surface area contributed by atoms with Crippen LogP contribution in [0.1, 0.15) is 5.56 Å². The van der Waals surface area contributed by atoms with Gasteiger partial charge < -0.3 is 5.11 Å². The van der Waals surface area contributed by atoms with Crippen LogP contribution < -0.4 is 0 Å². The van der Waals surface area contributed by atoms with Crippen molar-refractivity contribution in [2.24, 2.45) is 0 Å². The third kappa shape index (κ3) is 2.95. The van der Waals surface area contributed by atoms with Crippen LogP contribution in [0.15, 0.2) is 48.5 Å². The molecule has 19 heavy (non-hydrogen) atoms. The zero-order valence-electron chi connectivity index (χ0n) is 9.95. The van der Waals surface area contributed by atoms with Crippen LogP contribution in [0, 0.1) is 10.1 Å². The smallest absolute Gasteiger partial charge is 0.308 e. The zero-order valence-corrected chi connectivity index (χ0v) is 9.95. The number of carboxylic acid groups (broad SMARTS) is 1. The van der Waals surface area contributed by atoms with Crippen LogP contribution in [-0.2, 0) is 11.2 Å². The lowest BCUT2D eigenvalue weighted by Crippen LogP contribution is -2.03. The Balaban J connectivity index is 2.48. The summed E-state index contributed by atoms with van der Waals surface area (Å²) in [5.41, 5.74) is 1.59. The van der Waals surface area contributed by atoms with Crippen molar-refractivity contribution in [3.8, 4) is 11.1 Å². The Labute approximate surface area is 109 Å². The summed E-state index contributed by atoms with van der Waals surface area (Å²) in [5, 5.41) is 19.7. The first-order valence-corrected chi connectivity index (χ1v) is 5.62. The largest absolute Gasteiger partial charge is 0.481 e. The molecule has 0 radical (unpaired) electrons. The molecule has 2 aromatic carbocycles. The maximum Gasteiger partial charge on any atom is 0.308 e. The number of rotatable bonds is 4. The summed E-state index contributed by atoms with van der Waals surface area (Å²) >= 11 is 0. The van der Waals surface area contributed by atoms with E-state index in [1.165, 1.54) is 12.1 Å². The van der Waals surface area contributed by atoms with Gasteiger partial charge in [-0.2, -0.15) is 0 Å². The van der Waals surface area contributed by atoms with E-state index >= 15 is 0 Å². The average molecular weight is 257 g/mol. The topological polar surface area (TPSA) is 80.4 Å². The van der Waals surface area contributed by atoms with Gasteiger partial charge in [0, 0.05) is 11.6 Å². The Morgan fingerprint density at radius 3 is 2.37 bits per heavy atom. The Morgan fingerprint density at radius 1 is 1.11 bits per heavy atom. The summed E-state index contributed by atoms with van der Waals surface area (Å²) < 4.78 is 0. The summed E-state index contributed by atoms with van der Waals surface area (Å²) in [7, 11) is 0. The number of nitro groups is 1. The lowest BCUT2D eigenvalue weighted by molar-refractivity contribution is -0.385. The fraction of sp³-hybridized carbons (Fsp3) is 0.0714. The predicted molar refractivity (Wildman–Crippen MR) is 69.9 cm³/mol. The van der Waals surface area contributed by atoms with Gasteiger partial charge in [0.2, 0.25) is 0 Å². The van der Waals surface area contributed by atoms with Gasteiger partial charge in [-0.1, -0.05) is 42.5 Å². The molecule has 5 heteroatoms. The second-order valence-electron chi connectivity index (χ2n) is 4.04. The van der Waals surface area contributed by atoms with Crippen LogP contribution in [0.4, 0.5) is 5.69 Å². The molecule has 0 aromatic heterocycles. The average Bonchev–Trinajstić information content (AvgIpc) is 2.39. The minimum atomic E-state index is -1.09. The minimum Gasteiger partial charge on any atom is -0.481 e. The molecule has 2 aromatic rings.